The van der Waals surface area contributed by atoms with Gasteiger partial charge in [0.1, 0.15) is 11.0 Å². The van der Waals surface area contributed by atoms with Gasteiger partial charge in [0.05, 0.1) is 24.0 Å². The van der Waals surface area contributed by atoms with Crippen molar-refractivity contribution in [1.29, 1.82) is 0 Å². The van der Waals surface area contributed by atoms with Gasteiger partial charge in [-0.25, -0.2) is 9.97 Å². The van der Waals surface area contributed by atoms with E-state index in [9.17, 15) is 0 Å². The largest absolute Gasteiger partial charge is 0.380 e. The van der Waals surface area contributed by atoms with Crippen LogP contribution in [-0.2, 0) is 13.5 Å². The Kier molecular flexibility index (Phi) is 6.24. The maximum atomic E-state index is 5.91. The fourth-order valence-electron chi connectivity index (χ4n) is 4.17. The molecule has 5 rings (SSSR count). The predicted molar refractivity (Wildman–Crippen MR) is 132 cm³/mol. The van der Waals surface area contributed by atoms with Gasteiger partial charge in [0, 0.05) is 43.3 Å². The second kappa shape index (κ2) is 9.60. The number of anilines is 2. The molecule has 33 heavy (non-hydrogen) atoms. The Morgan fingerprint density at radius 3 is 2.73 bits per heavy atom. The molecule has 3 N–H and O–H groups in total. The number of nitrogens with zero attached hydrogens (tertiary/aromatic N) is 4. The van der Waals surface area contributed by atoms with E-state index in [1.165, 1.54) is 5.56 Å². The Bertz CT molecular complexity index is 1210. The Balaban J connectivity index is 1.31. The summed E-state index contributed by atoms with van der Waals surface area (Å²) in [6.45, 7) is 1.60. The van der Waals surface area contributed by atoms with Crippen LogP contribution in [0.4, 0.5) is 11.5 Å². The third-order valence-electron chi connectivity index (χ3n) is 5.89. The van der Waals surface area contributed by atoms with Gasteiger partial charge in [0.25, 0.3) is 0 Å². The van der Waals surface area contributed by atoms with Crippen molar-refractivity contribution in [3.8, 4) is 11.1 Å². The van der Waals surface area contributed by atoms with E-state index in [1.54, 1.807) is 4.68 Å². The molecule has 0 spiro atoms. The SMILES string of the molecule is Cn1cc(-c2cnc3c(c2)NC[C@H]([C@H](NCCc2ccc(Cl)nc2)c2ccccc2)N3)cn1. The van der Waals surface area contributed by atoms with Crippen molar-refractivity contribution in [2.24, 2.45) is 7.05 Å². The van der Waals surface area contributed by atoms with Gasteiger partial charge in [0.15, 0.2) is 0 Å². The van der Waals surface area contributed by atoms with Crippen LogP contribution < -0.4 is 16.0 Å². The molecule has 1 aliphatic rings. The zero-order valence-electron chi connectivity index (χ0n) is 18.4. The van der Waals surface area contributed by atoms with Gasteiger partial charge in [-0.1, -0.05) is 48.0 Å². The second-order valence-corrected chi connectivity index (χ2v) is 8.62. The minimum Gasteiger partial charge on any atom is -0.380 e. The number of rotatable bonds is 7. The van der Waals surface area contributed by atoms with E-state index < -0.39 is 0 Å². The summed E-state index contributed by atoms with van der Waals surface area (Å²) in [4.78, 5) is 8.89. The highest BCUT2D eigenvalue weighted by Crippen LogP contribution is 2.32. The first-order valence-corrected chi connectivity index (χ1v) is 11.4. The lowest BCUT2D eigenvalue weighted by Gasteiger charge is -2.34. The van der Waals surface area contributed by atoms with Crippen LogP contribution in [0.1, 0.15) is 17.2 Å². The van der Waals surface area contributed by atoms with E-state index in [0.29, 0.717) is 5.15 Å². The molecule has 3 aromatic heterocycles. The minimum absolute atomic E-state index is 0.118. The Morgan fingerprint density at radius 1 is 1.09 bits per heavy atom. The van der Waals surface area contributed by atoms with Crippen LogP contribution in [0.5, 0.6) is 0 Å². The molecule has 0 aliphatic carbocycles. The average Bonchev–Trinajstić information content (AvgIpc) is 3.29. The van der Waals surface area contributed by atoms with Crippen molar-refractivity contribution >= 4 is 23.1 Å². The van der Waals surface area contributed by atoms with Crippen molar-refractivity contribution in [3.63, 3.8) is 0 Å². The number of fused-ring (bicyclic) bond motifs is 1. The van der Waals surface area contributed by atoms with Gasteiger partial charge in [-0.3, -0.25) is 4.68 Å². The number of pyridine rings is 2. The third kappa shape index (κ3) is 4.99. The lowest BCUT2D eigenvalue weighted by atomic mass is 9.97. The standard InChI is InChI=1S/C25H26ClN7/c1-33-16-20(14-31-33)19-11-21-25(30-13-19)32-22(15-28-21)24(18-5-3-2-4-6-18)27-10-9-17-7-8-23(26)29-12-17/h2-8,11-14,16,22,24,27-28H,9-10,15H2,1H3,(H,30,32)/t22-,24-/m1/s1. The van der Waals surface area contributed by atoms with Gasteiger partial charge in [-0.2, -0.15) is 5.10 Å². The molecule has 8 heteroatoms. The third-order valence-corrected chi connectivity index (χ3v) is 6.11. The molecular weight excluding hydrogens is 434 g/mol. The first-order valence-electron chi connectivity index (χ1n) is 11.0. The predicted octanol–water partition coefficient (Wildman–Crippen LogP) is 4.31. The highest BCUT2D eigenvalue weighted by molar-refractivity contribution is 6.29. The zero-order valence-corrected chi connectivity index (χ0v) is 19.1. The normalized spacial score (nSPS) is 15.9. The zero-order chi connectivity index (χ0) is 22.6. The van der Waals surface area contributed by atoms with Crippen LogP contribution in [0, 0.1) is 0 Å². The molecule has 0 radical (unpaired) electrons. The summed E-state index contributed by atoms with van der Waals surface area (Å²) in [6, 6.07) is 16.8. The van der Waals surface area contributed by atoms with E-state index in [2.05, 4.69) is 56.4 Å². The summed E-state index contributed by atoms with van der Waals surface area (Å²) in [5.74, 6) is 0.864. The van der Waals surface area contributed by atoms with Gasteiger partial charge < -0.3 is 16.0 Å². The molecule has 0 bridgehead atoms. The minimum atomic E-state index is 0.118. The Hall–Kier alpha value is -3.42. The van der Waals surface area contributed by atoms with Gasteiger partial charge in [0.2, 0.25) is 0 Å². The highest BCUT2D eigenvalue weighted by atomic mass is 35.5. The number of halogens is 1. The summed E-state index contributed by atoms with van der Waals surface area (Å²) in [7, 11) is 1.92. The van der Waals surface area contributed by atoms with Crippen molar-refractivity contribution in [2.45, 2.75) is 18.5 Å². The topological polar surface area (TPSA) is 79.7 Å². The van der Waals surface area contributed by atoms with Crippen molar-refractivity contribution in [2.75, 3.05) is 23.7 Å². The van der Waals surface area contributed by atoms with Crippen LogP contribution in [0.15, 0.2) is 73.3 Å². The van der Waals surface area contributed by atoms with E-state index >= 15 is 0 Å². The van der Waals surface area contributed by atoms with Crippen molar-refractivity contribution < 1.29 is 0 Å². The van der Waals surface area contributed by atoms with Crippen LogP contribution in [0.2, 0.25) is 5.15 Å². The Morgan fingerprint density at radius 2 is 1.97 bits per heavy atom. The average molecular weight is 460 g/mol. The maximum absolute atomic E-state index is 5.91. The molecule has 1 aliphatic heterocycles. The molecule has 0 saturated heterocycles. The monoisotopic (exact) mass is 459 g/mol. The summed E-state index contributed by atoms with van der Waals surface area (Å²) < 4.78 is 1.80. The lowest BCUT2D eigenvalue weighted by molar-refractivity contribution is 0.472. The first-order chi connectivity index (χ1) is 16.2. The van der Waals surface area contributed by atoms with E-state index in [1.807, 2.05) is 50.0 Å². The Labute approximate surface area is 198 Å². The quantitative estimate of drug-likeness (QED) is 0.357. The number of aromatic nitrogens is 4. The van der Waals surface area contributed by atoms with E-state index in [4.69, 9.17) is 16.6 Å². The van der Waals surface area contributed by atoms with Crippen molar-refractivity contribution in [3.05, 3.63) is 89.6 Å². The maximum Gasteiger partial charge on any atom is 0.149 e. The van der Waals surface area contributed by atoms with E-state index in [0.717, 1.165) is 47.7 Å². The molecular formula is C25H26ClN7. The van der Waals surface area contributed by atoms with Crippen molar-refractivity contribution in [1.82, 2.24) is 25.1 Å². The second-order valence-electron chi connectivity index (χ2n) is 8.24. The summed E-state index contributed by atoms with van der Waals surface area (Å²) >= 11 is 5.91. The van der Waals surface area contributed by atoms with Crippen LogP contribution >= 0.6 is 11.6 Å². The number of hydrogen-bond donors (Lipinski definition) is 3. The van der Waals surface area contributed by atoms with Gasteiger partial charge in [-0.05, 0) is 36.2 Å². The smallest absolute Gasteiger partial charge is 0.149 e. The summed E-state index contributed by atoms with van der Waals surface area (Å²) in [5, 5.41) is 15.7. The van der Waals surface area contributed by atoms with Crippen LogP contribution in [-0.4, -0.2) is 38.9 Å². The van der Waals surface area contributed by atoms with Crippen LogP contribution in [0.3, 0.4) is 0 Å². The molecule has 2 atom stereocenters. The fraction of sp³-hybridized carbons (Fsp3) is 0.240. The summed E-state index contributed by atoms with van der Waals surface area (Å²) in [5.41, 5.74) is 5.50. The summed E-state index contributed by atoms with van der Waals surface area (Å²) in [6.07, 6.45) is 8.45. The molecule has 0 saturated carbocycles. The molecule has 7 nitrogen and oxygen atoms in total. The van der Waals surface area contributed by atoms with Gasteiger partial charge in [-0.15, -0.1) is 0 Å². The van der Waals surface area contributed by atoms with E-state index in [-0.39, 0.29) is 12.1 Å². The van der Waals surface area contributed by atoms with Gasteiger partial charge >= 0.3 is 0 Å². The molecule has 0 unspecified atom stereocenters. The molecule has 1 aromatic carbocycles. The number of nitrogens with one attached hydrogen (secondary N) is 3. The fourth-order valence-corrected chi connectivity index (χ4v) is 4.28. The molecule has 0 fully saturated rings. The number of hydrogen-bond acceptors (Lipinski definition) is 6. The first kappa shape index (κ1) is 21.4. The lowest BCUT2D eigenvalue weighted by Crippen LogP contribution is -2.44. The molecule has 4 heterocycles. The number of benzene rings is 1. The molecule has 4 aromatic rings. The highest BCUT2D eigenvalue weighted by Gasteiger charge is 2.27. The molecule has 168 valence electrons. The van der Waals surface area contributed by atoms with Crippen LogP contribution in [0.25, 0.3) is 11.1 Å². The molecule has 0 amide bonds. The number of aryl methyl sites for hydroxylation is 1.